The molecule has 0 bridgehead atoms. The lowest BCUT2D eigenvalue weighted by atomic mass is 10.1. The first-order valence-electron chi connectivity index (χ1n) is 6.29. The SMILES string of the molecule is CCC1CN(C(=O)c2ccc(C)cc2Br)CCS1. The van der Waals surface area contributed by atoms with Crippen LogP contribution in [0.15, 0.2) is 22.7 Å². The molecule has 0 radical (unpaired) electrons. The molecule has 0 aromatic heterocycles. The molecule has 1 aromatic carbocycles. The van der Waals surface area contributed by atoms with Gasteiger partial charge in [-0.1, -0.05) is 13.0 Å². The first-order valence-corrected chi connectivity index (χ1v) is 8.13. The Balaban J connectivity index is 2.15. The van der Waals surface area contributed by atoms with Gasteiger partial charge in [-0.2, -0.15) is 11.8 Å². The zero-order valence-corrected chi connectivity index (χ0v) is 13.2. The molecular weight excluding hydrogens is 310 g/mol. The van der Waals surface area contributed by atoms with Crippen LogP contribution in [-0.4, -0.2) is 34.9 Å². The third-order valence-corrected chi connectivity index (χ3v) is 5.26. The summed E-state index contributed by atoms with van der Waals surface area (Å²) in [6, 6.07) is 5.92. The zero-order chi connectivity index (χ0) is 13.1. The number of carbonyl (C=O) groups is 1. The molecule has 1 saturated heterocycles. The smallest absolute Gasteiger partial charge is 0.255 e. The van der Waals surface area contributed by atoms with Gasteiger partial charge in [-0.3, -0.25) is 4.79 Å². The first-order chi connectivity index (χ1) is 8.61. The molecule has 1 unspecified atom stereocenters. The molecule has 0 spiro atoms. The molecule has 1 fully saturated rings. The Morgan fingerprint density at radius 1 is 1.56 bits per heavy atom. The van der Waals surface area contributed by atoms with Crippen LogP contribution in [0.1, 0.15) is 29.3 Å². The van der Waals surface area contributed by atoms with Gasteiger partial charge in [0.25, 0.3) is 5.91 Å². The van der Waals surface area contributed by atoms with Crippen molar-refractivity contribution in [2.75, 3.05) is 18.8 Å². The van der Waals surface area contributed by atoms with Gasteiger partial charge in [0.15, 0.2) is 0 Å². The predicted octanol–water partition coefficient (Wildman–Crippen LogP) is 3.73. The Morgan fingerprint density at radius 2 is 2.33 bits per heavy atom. The summed E-state index contributed by atoms with van der Waals surface area (Å²) in [4.78, 5) is 14.5. The molecule has 98 valence electrons. The van der Waals surface area contributed by atoms with E-state index in [0.717, 1.165) is 35.3 Å². The minimum Gasteiger partial charge on any atom is -0.337 e. The largest absolute Gasteiger partial charge is 0.337 e. The molecule has 1 amide bonds. The topological polar surface area (TPSA) is 20.3 Å². The van der Waals surface area contributed by atoms with Crippen molar-refractivity contribution in [2.24, 2.45) is 0 Å². The summed E-state index contributed by atoms with van der Waals surface area (Å²) in [7, 11) is 0. The van der Waals surface area contributed by atoms with E-state index in [0.29, 0.717) is 5.25 Å². The molecule has 1 heterocycles. The van der Waals surface area contributed by atoms with Crippen LogP contribution in [0.4, 0.5) is 0 Å². The van der Waals surface area contributed by atoms with Gasteiger partial charge in [0.05, 0.1) is 5.56 Å². The lowest BCUT2D eigenvalue weighted by Gasteiger charge is -2.32. The lowest BCUT2D eigenvalue weighted by molar-refractivity contribution is 0.0760. The lowest BCUT2D eigenvalue weighted by Crippen LogP contribution is -2.41. The molecule has 1 aliphatic heterocycles. The summed E-state index contributed by atoms with van der Waals surface area (Å²) in [5.41, 5.74) is 1.95. The molecule has 1 aliphatic rings. The highest BCUT2D eigenvalue weighted by molar-refractivity contribution is 9.10. The van der Waals surface area contributed by atoms with Crippen molar-refractivity contribution in [1.82, 2.24) is 4.90 Å². The fraction of sp³-hybridized carbons (Fsp3) is 0.500. The Hall–Kier alpha value is -0.480. The third kappa shape index (κ3) is 3.09. The van der Waals surface area contributed by atoms with Crippen LogP contribution in [0.5, 0.6) is 0 Å². The van der Waals surface area contributed by atoms with E-state index in [9.17, 15) is 4.79 Å². The first kappa shape index (κ1) is 13.9. The average Bonchev–Trinajstić information content (AvgIpc) is 2.38. The van der Waals surface area contributed by atoms with Gasteiger partial charge in [-0.15, -0.1) is 0 Å². The van der Waals surface area contributed by atoms with E-state index in [1.54, 1.807) is 0 Å². The van der Waals surface area contributed by atoms with E-state index in [-0.39, 0.29) is 5.91 Å². The molecule has 1 atom stereocenters. The van der Waals surface area contributed by atoms with Crippen LogP contribution in [0.2, 0.25) is 0 Å². The molecule has 0 aliphatic carbocycles. The van der Waals surface area contributed by atoms with Gasteiger partial charge in [0, 0.05) is 28.6 Å². The summed E-state index contributed by atoms with van der Waals surface area (Å²) in [5, 5.41) is 0.590. The second-order valence-electron chi connectivity index (χ2n) is 4.64. The number of halogens is 1. The van der Waals surface area contributed by atoms with E-state index < -0.39 is 0 Å². The molecule has 0 saturated carbocycles. The number of hydrogen-bond donors (Lipinski definition) is 0. The number of carbonyl (C=O) groups excluding carboxylic acids is 1. The van der Waals surface area contributed by atoms with Gasteiger partial charge in [-0.25, -0.2) is 0 Å². The van der Waals surface area contributed by atoms with Crippen LogP contribution >= 0.6 is 27.7 Å². The van der Waals surface area contributed by atoms with Gasteiger partial charge >= 0.3 is 0 Å². The average molecular weight is 328 g/mol. The van der Waals surface area contributed by atoms with Crippen molar-refractivity contribution in [3.63, 3.8) is 0 Å². The maximum atomic E-state index is 12.5. The van der Waals surface area contributed by atoms with Crippen LogP contribution in [0.25, 0.3) is 0 Å². The number of benzene rings is 1. The van der Waals surface area contributed by atoms with E-state index >= 15 is 0 Å². The maximum Gasteiger partial charge on any atom is 0.255 e. The van der Waals surface area contributed by atoms with E-state index in [1.165, 1.54) is 5.56 Å². The predicted molar refractivity (Wildman–Crippen MR) is 81.3 cm³/mol. The number of hydrogen-bond acceptors (Lipinski definition) is 2. The molecule has 0 N–H and O–H groups in total. The second-order valence-corrected chi connectivity index (χ2v) is 6.90. The number of thioether (sulfide) groups is 1. The van der Waals surface area contributed by atoms with Crippen LogP contribution in [0.3, 0.4) is 0 Å². The second kappa shape index (κ2) is 6.11. The third-order valence-electron chi connectivity index (χ3n) is 3.24. The summed E-state index contributed by atoms with van der Waals surface area (Å²) >= 11 is 5.47. The van der Waals surface area contributed by atoms with E-state index in [4.69, 9.17) is 0 Å². The molecule has 18 heavy (non-hydrogen) atoms. The van der Waals surface area contributed by atoms with Crippen molar-refractivity contribution < 1.29 is 4.79 Å². The Kier molecular flexibility index (Phi) is 4.73. The summed E-state index contributed by atoms with van der Waals surface area (Å²) in [5.74, 6) is 1.20. The summed E-state index contributed by atoms with van der Waals surface area (Å²) < 4.78 is 0.902. The minimum atomic E-state index is 0.153. The fourth-order valence-electron chi connectivity index (χ4n) is 2.11. The maximum absolute atomic E-state index is 12.5. The normalized spacial score (nSPS) is 19.9. The van der Waals surface area contributed by atoms with Crippen LogP contribution < -0.4 is 0 Å². The Morgan fingerprint density at radius 3 is 3.00 bits per heavy atom. The molecule has 4 heteroatoms. The summed E-state index contributed by atoms with van der Waals surface area (Å²) in [6.45, 7) is 5.96. The Labute approximate surface area is 121 Å². The van der Waals surface area contributed by atoms with Gasteiger partial charge in [0.1, 0.15) is 0 Å². The molecule has 2 rings (SSSR count). The monoisotopic (exact) mass is 327 g/mol. The Bertz CT molecular complexity index is 449. The quantitative estimate of drug-likeness (QED) is 0.825. The van der Waals surface area contributed by atoms with Crippen molar-refractivity contribution >= 4 is 33.6 Å². The standard InChI is InChI=1S/C14H18BrNOS/c1-3-11-9-16(6-7-18-11)14(17)12-5-4-10(2)8-13(12)15/h4-5,8,11H,3,6-7,9H2,1-2H3. The van der Waals surface area contributed by atoms with Crippen LogP contribution in [-0.2, 0) is 0 Å². The number of aryl methyl sites for hydroxylation is 1. The highest BCUT2D eigenvalue weighted by Crippen LogP contribution is 2.25. The van der Waals surface area contributed by atoms with Crippen molar-refractivity contribution in [2.45, 2.75) is 25.5 Å². The number of nitrogens with zero attached hydrogens (tertiary/aromatic N) is 1. The molecule has 2 nitrogen and oxygen atoms in total. The summed E-state index contributed by atoms with van der Waals surface area (Å²) in [6.07, 6.45) is 1.13. The van der Waals surface area contributed by atoms with Gasteiger partial charge in [-0.05, 0) is 47.0 Å². The van der Waals surface area contributed by atoms with E-state index in [1.807, 2.05) is 41.8 Å². The van der Waals surface area contributed by atoms with Crippen LogP contribution in [0, 0.1) is 6.92 Å². The van der Waals surface area contributed by atoms with Crippen molar-refractivity contribution in [3.05, 3.63) is 33.8 Å². The van der Waals surface area contributed by atoms with Crippen molar-refractivity contribution in [1.29, 1.82) is 0 Å². The molecular formula is C14H18BrNOS. The highest BCUT2D eigenvalue weighted by atomic mass is 79.9. The highest BCUT2D eigenvalue weighted by Gasteiger charge is 2.24. The van der Waals surface area contributed by atoms with Gasteiger partial charge < -0.3 is 4.90 Å². The van der Waals surface area contributed by atoms with Gasteiger partial charge in [0.2, 0.25) is 0 Å². The number of rotatable bonds is 2. The zero-order valence-electron chi connectivity index (χ0n) is 10.8. The molecule has 1 aromatic rings. The van der Waals surface area contributed by atoms with E-state index in [2.05, 4.69) is 22.9 Å². The number of amides is 1. The minimum absolute atomic E-state index is 0.153. The fourth-order valence-corrected chi connectivity index (χ4v) is 3.96. The van der Waals surface area contributed by atoms with Crippen molar-refractivity contribution in [3.8, 4) is 0 Å².